The lowest BCUT2D eigenvalue weighted by Gasteiger charge is -2.20. The Morgan fingerprint density at radius 2 is 1.67 bits per heavy atom. The molecular weight excluding hydrogens is 196 g/mol. The van der Waals surface area contributed by atoms with E-state index in [-0.39, 0.29) is 12.2 Å². The number of ether oxygens (including phenoxy) is 3. The van der Waals surface area contributed by atoms with Gasteiger partial charge in [-0.15, -0.1) is 0 Å². The van der Waals surface area contributed by atoms with Crippen molar-refractivity contribution < 1.29 is 19.3 Å². The van der Waals surface area contributed by atoms with E-state index in [0.717, 1.165) is 12.8 Å². The van der Waals surface area contributed by atoms with Gasteiger partial charge in [0.15, 0.2) is 0 Å². The normalized spacial score (nSPS) is 15.2. The molecule has 0 heterocycles. The highest BCUT2D eigenvalue weighted by Gasteiger charge is 2.15. The number of hydrogen-bond acceptors (Lipinski definition) is 4. The minimum Gasteiger partial charge on any atom is -0.390 e. The van der Waals surface area contributed by atoms with Crippen LogP contribution in [0.5, 0.6) is 0 Å². The molecule has 0 spiro atoms. The molecule has 0 bridgehead atoms. The summed E-state index contributed by atoms with van der Waals surface area (Å²) in [5, 5.41) is 9.57. The molecule has 0 aliphatic rings. The molecule has 0 aliphatic heterocycles. The van der Waals surface area contributed by atoms with Crippen LogP contribution in [0, 0.1) is 0 Å². The zero-order valence-electron chi connectivity index (χ0n) is 10.1. The van der Waals surface area contributed by atoms with E-state index in [0.29, 0.717) is 26.4 Å². The SMILES string of the molecule is CCC(O)C(CC)OCCOCCOC. The number of aliphatic hydroxyl groups excluding tert-OH is 1. The molecule has 2 unspecified atom stereocenters. The second-order valence-electron chi connectivity index (χ2n) is 3.40. The fraction of sp³-hybridized carbons (Fsp3) is 1.00. The van der Waals surface area contributed by atoms with Crippen LogP contribution >= 0.6 is 0 Å². The molecule has 0 amide bonds. The molecule has 0 radical (unpaired) electrons. The highest BCUT2D eigenvalue weighted by Crippen LogP contribution is 2.07. The van der Waals surface area contributed by atoms with Crippen molar-refractivity contribution in [1.82, 2.24) is 0 Å². The molecule has 0 aliphatic carbocycles. The molecule has 1 N–H and O–H groups in total. The minimum absolute atomic E-state index is 0.0685. The molecule has 92 valence electrons. The average molecular weight is 220 g/mol. The van der Waals surface area contributed by atoms with Gasteiger partial charge in [0.2, 0.25) is 0 Å². The third-order valence-electron chi connectivity index (χ3n) is 2.24. The number of aliphatic hydroxyl groups is 1. The van der Waals surface area contributed by atoms with Crippen LogP contribution in [0.4, 0.5) is 0 Å². The zero-order valence-corrected chi connectivity index (χ0v) is 10.1. The third kappa shape index (κ3) is 7.73. The van der Waals surface area contributed by atoms with Gasteiger partial charge in [0.05, 0.1) is 38.6 Å². The molecule has 0 aromatic heterocycles. The highest BCUT2D eigenvalue weighted by atomic mass is 16.5. The van der Waals surface area contributed by atoms with Crippen LogP contribution < -0.4 is 0 Å². The Hall–Kier alpha value is -0.160. The average Bonchev–Trinajstić information content (AvgIpc) is 2.27. The van der Waals surface area contributed by atoms with Gasteiger partial charge in [-0.25, -0.2) is 0 Å². The van der Waals surface area contributed by atoms with Crippen LogP contribution in [0.2, 0.25) is 0 Å². The van der Waals surface area contributed by atoms with Gasteiger partial charge in [-0.2, -0.15) is 0 Å². The maximum absolute atomic E-state index is 9.57. The van der Waals surface area contributed by atoms with E-state index in [1.807, 2.05) is 13.8 Å². The summed E-state index contributed by atoms with van der Waals surface area (Å²) in [6.45, 7) is 6.23. The largest absolute Gasteiger partial charge is 0.390 e. The van der Waals surface area contributed by atoms with Crippen molar-refractivity contribution in [2.75, 3.05) is 33.5 Å². The van der Waals surface area contributed by atoms with Crippen LogP contribution in [0.15, 0.2) is 0 Å². The summed E-state index contributed by atoms with van der Waals surface area (Å²) in [6.07, 6.45) is 1.12. The summed E-state index contributed by atoms with van der Waals surface area (Å²) in [5.74, 6) is 0. The summed E-state index contributed by atoms with van der Waals surface area (Å²) >= 11 is 0. The predicted octanol–water partition coefficient (Wildman–Crippen LogP) is 1.22. The lowest BCUT2D eigenvalue weighted by atomic mass is 10.1. The number of methoxy groups -OCH3 is 1. The number of hydrogen-bond donors (Lipinski definition) is 1. The molecule has 0 rings (SSSR count). The first-order valence-corrected chi connectivity index (χ1v) is 5.62. The quantitative estimate of drug-likeness (QED) is 0.562. The highest BCUT2D eigenvalue weighted by molar-refractivity contribution is 4.65. The Kier molecular flexibility index (Phi) is 10.3. The molecule has 4 nitrogen and oxygen atoms in total. The van der Waals surface area contributed by atoms with E-state index in [2.05, 4.69) is 0 Å². The van der Waals surface area contributed by atoms with E-state index in [9.17, 15) is 5.11 Å². The van der Waals surface area contributed by atoms with Gasteiger partial charge in [0, 0.05) is 7.11 Å². The van der Waals surface area contributed by atoms with Crippen molar-refractivity contribution in [3.05, 3.63) is 0 Å². The molecule has 0 aromatic rings. The van der Waals surface area contributed by atoms with Crippen molar-refractivity contribution in [3.8, 4) is 0 Å². The number of rotatable bonds is 10. The Bertz CT molecular complexity index is 130. The van der Waals surface area contributed by atoms with E-state index < -0.39 is 0 Å². The third-order valence-corrected chi connectivity index (χ3v) is 2.24. The lowest BCUT2D eigenvalue weighted by Crippen LogP contribution is -2.29. The first-order chi connectivity index (χ1) is 7.26. The topological polar surface area (TPSA) is 47.9 Å². The van der Waals surface area contributed by atoms with Crippen molar-refractivity contribution in [2.45, 2.75) is 38.9 Å². The Balaban J connectivity index is 3.38. The molecule has 0 saturated carbocycles. The van der Waals surface area contributed by atoms with Gasteiger partial charge in [-0.05, 0) is 12.8 Å². The second-order valence-corrected chi connectivity index (χ2v) is 3.40. The lowest BCUT2D eigenvalue weighted by molar-refractivity contribution is -0.0610. The van der Waals surface area contributed by atoms with Crippen LogP contribution in [-0.2, 0) is 14.2 Å². The maximum atomic E-state index is 9.57. The first-order valence-electron chi connectivity index (χ1n) is 5.62. The molecule has 2 atom stereocenters. The van der Waals surface area contributed by atoms with E-state index in [1.54, 1.807) is 7.11 Å². The predicted molar refractivity (Wildman–Crippen MR) is 59.0 cm³/mol. The summed E-state index contributed by atoms with van der Waals surface area (Å²) in [6, 6.07) is 0. The maximum Gasteiger partial charge on any atom is 0.0832 e. The summed E-state index contributed by atoms with van der Waals surface area (Å²) in [5.41, 5.74) is 0. The summed E-state index contributed by atoms with van der Waals surface area (Å²) < 4.78 is 15.6. The molecule has 0 aromatic carbocycles. The smallest absolute Gasteiger partial charge is 0.0832 e. The second kappa shape index (κ2) is 10.4. The van der Waals surface area contributed by atoms with Gasteiger partial charge in [0.1, 0.15) is 0 Å². The van der Waals surface area contributed by atoms with Crippen molar-refractivity contribution in [3.63, 3.8) is 0 Å². The standard InChI is InChI=1S/C11H24O4/c1-4-10(12)11(5-2)15-9-8-14-7-6-13-3/h10-12H,4-9H2,1-3H3. The van der Waals surface area contributed by atoms with Gasteiger partial charge < -0.3 is 19.3 Å². The van der Waals surface area contributed by atoms with Crippen LogP contribution in [0.1, 0.15) is 26.7 Å². The first kappa shape index (κ1) is 14.8. The molecule has 4 heteroatoms. The van der Waals surface area contributed by atoms with Gasteiger partial charge in [-0.1, -0.05) is 13.8 Å². The van der Waals surface area contributed by atoms with Crippen molar-refractivity contribution in [2.24, 2.45) is 0 Å². The fourth-order valence-electron chi connectivity index (χ4n) is 1.27. The Morgan fingerprint density at radius 3 is 2.20 bits per heavy atom. The monoisotopic (exact) mass is 220 g/mol. The van der Waals surface area contributed by atoms with Crippen LogP contribution in [-0.4, -0.2) is 50.9 Å². The zero-order chi connectivity index (χ0) is 11.5. The van der Waals surface area contributed by atoms with Gasteiger partial charge >= 0.3 is 0 Å². The van der Waals surface area contributed by atoms with Crippen molar-refractivity contribution in [1.29, 1.82) is 0 Å². The molecule has 0 saturated heterocycles. The fourth-order valence-corrected chi connectivity index (χ4v) is 1.27. The summed E-state index contributed by atoms with van der Waals surface area (Å²) in [4.78, 5) is 0. The minimum atomic E-state index is -0.367. The van der Waals surface area contributed by atoms with Gasteiger partial charge in [-0.3, -0.25) is 0 Å². The van der Waals surface area contributed by atoms with E-state index in [4.69, 9.17) is 14.2 Å². The molecular formula is C11H24O4. The molecule has 0 fully saturated rings. The molecule has 15 heavy (non-hydrogen) atoms. The van der Waals surface area contributed by atoms with E-state index >= 15 is 0 Å². The van der Waals surface area contributed by atoms with Crippen molar-refractivity contribution >= 4 is 0 Å². The summed E-state index contributed by atoms with van der Waals surface area (Å²) in [7, 11) is 1.64. The van der Waals surface area contributed by atoms with E-state index in [1.165, 1.54) is 0 Å². The Labute approximate surface area is 92.5 Å². The van der Waals surface area contributed by atoms with Gasteiger partial charge in [0.25, 0.3) is 0 Å². The van der Waals surface area contributed by atoms with Crippen LogP contribution in [0.25, 0.3) is 0 Å². The Morgan fingerprint density at radius 1 is 1.00 bits per heavy atom. The van der Waals surface area contributed by atoms with Crippen LogP contribution in [0.3, 0.4) is 0 Å².